The second-order valence-electron chi connectivity index (χ2n) is 6.26. The van der Waals surface area contributed by atoms with Crippen LogP contribution in [0.15, 0.2) is 35.2 Å². The average Bonchev–Trinajstić information content (AvgIpc) is 3.14. The molecule has 2 aliphatic rings. The van der Waals surface area contributed by atoms with E-state index in [9.17, 15) is 13.2 Å². The highest BCUT2D eigenvalue weighted by Gasteiger charge is 2.33. The van der Waals surface area contributed by atoms with Crippen LogP contribution in [0.25, 0.3) is 0 Å². The van der Waals surface area contributed by atoms with E-state index >= 15 is 0 Å². The molecule has 0 saturated carbocycles. The number of benzene rings is 1. The molecule has 0 aliphatic carbocycles. The number of hydrogen-bond acceptors (Lipinski definition) is 5. The van der Waals surface area contributed by atoms with Crippen molar-refractivity contribution in [2.45, 2.75) is 36.7 Å². The number of hydrogen-bond donors (Lipinski definition) is 0. The molecule has 0 bridgehead atoms. The van der Waals surface area contributed by atoms with Crippen LogP contribution >= 0.6 is 0 Å². The summed E-state index contributed by atoms with van der Waals surface area (Å²) >= 11 is 0. The lowest BCUT2D eigenvalue weighted by Gasteiger charge is -2.30. The average molecular weight is 353 g/mol. The Morgan fingerprint density at radius 2 is 1.88 bits per heavy atom. The highest BCUT2D eigenvalue weighted by Crippen LogP contribution is 2.25. The van der Waals surface area contributed by atoms with Crippen LogP contribution in [0.1, 0.15) is 25.7 Å². The molecule has 6 nitrogen and oxygen atoms in total. The summed E-state index contributed by atoms with van der Waals surface area (Å²) in [6, 6.07) is 8.40. The van der Waals surface area contributed by atoms with E-state index in [0.717, 1.165) is 19.4 Å². The summed E-state index contributed by atoms with van der Waals surface area (Å²) < 4.78 is 37.3. The normalized spacial score (nSPS) is 23.2. The summed E-state index contributed by atoms with van der Waals surface area (Å²) in [6.45, 7) is 1.73. The molecular formula is C17H23NO5S. The van der Waals surface area contributed by atoms with Gasteiger partial charge in [-0.05, 0) is 37.8 Å². The van der Waals surface area contributed by atoms with Gasteiger partial charge in [0.2, 0.25) is 10.0 Å². The molecule has 132 valence electrons. The summed E-state index contributed by atoms with van der Waals surface area (Å²) in [5.41, 5.74) is 0. The smallest absolute Gasteiger partial charge is 0.309 e. The quantitative estimate of drug-likeness (QED) is 0.755. The Kier molecular flexibility index (Phi) is 5.53. The first kappa shape index (κ1) is 17.4. The van der Waals surface area contributed by atoms with Crippen LogP contribution in [0, 0.1) is 5.92 Å². The summed E-state index contributed by atoms with van der Waals surface area (Å²) in [4.78, 5) is 12.4. The van der Waals surface area contributed by atoms with Gasteiger partial charge in [-0.1, -0.05) is 18.2 Å². The summed E-state index contributed by atoms with van der Waals surface area (Å²) in [5.74, 6) is -0.462. The SMILES string of the molecule is O=C(OC[C@H]1CCCO1)C1CCN(S(=O)(=O)c2ccccc2)CC1. The number of esters is 1. The molecule has 7 heteroatoms. The van der Waals surface area contributed by atoms with Crippen molar-refractivity contribution in [2.24, 2.45) is 5.92 Å². The van der Waals surface area contributed by atoms with Crippen LogP contribution in [-0.4, -0.2) is 51.1 Å². The predicted octanol–water partition coefficient (Wildman–Crippen LogP) is 1.81. The molecule has 3 rings (SSSR count). The minimum atomic E-state index is -3.48. The molecule has 2 fully saturated rings. The second-order valence-corrected chi connectivity index (χ2v) is 8.19. The van der Waals surface area contributed by atoms with E-state index in [1.807, 2.05) is 0 Å². The van der Waals surface area contributed by atoms with Gasteiger partial charge in [0.1, 0.15) is 6.61 Å². The molecule has 1 aromatic carbocycles. The van der Waals surface area contributed by atoms with Gasteiger partial charge in [0.15, 0.2) is 0 Å². The van der Waals surface area contributed by atoms with Gasteiger partial charge in [-0.2, -0.15) is 4.31 Å². The fraction of sp³-hybridized carbons (Fsp3) is 0.588. The van der Waals surface area contributed by atoms with E-state index in [1.165, 1.54) is 4.31 Å². The molecular weight excluding hydrogens is 330 g/mol. The zero-order valence-electron chi connectivity index (χ0n) is 13.6. The Morgan fingerprint density at radius 3 is 2.50 bits per heavy atom. The number of nitrogens with zero attached hydrogens (tertiary/aromatic N) is 1. The van der Waals surface area contributed by atoms with Crippen LogP contribution in [-0.2, 0) is 24.3 Å². The molecule has 2 aliphatic heterocycles. The molecule has 2 saturated heterocycles. The highest BCUT2D eigenvalue weighted by molar-refractivity contribution is 7.89. The Hall–Kier alpha value is -1.44. The minimum absolute atomic E-state index is 0.0208. The van der Waals surface area contributed by atoms with Crippen molar-refractivity contribution in [1.29, 1.82) is 0 Å². The zero-order valence-corrected chi connectivity index (χ0v) is 14.4. The molecule has 0 radical (unpaired) electrons. The first-order valence-corrected chi connectivity index (χ1v) is 9.85. The molecule has 0 aromatic heterocycles. The molecule has 24 heavy (non-hydrogen) atoms. The first-order valence-electron chi connectivity index (χ1n) is 8.41. The maximum Gasteiger partial charge on any atom is 0.309 e. The van der Waals surface area contributed by atoms with Crippen molar-refractivity contribution in [1.82, 2.24) is 4.31 Å². The summed E-state index contributed by atoms with van der Waals surface area (Å²) in [7, 11) is -3.48. The van der Waals surface area contributed by atoms with Gasteiger partial charge in [-0.3, -0.25) is 4.79 Å². The lowest BCUT2D eigenvalue weighted by molar-refractivity contribution is -0.153. The number of sulfonamides is 1. The summed E-state index contributed by atoms with van der Waals surface area (Å²) in [6.07, 6.45) is 2.96. The van der Waals surface area contributed by atoms with Crippen LogP contribution < -0.4 is 0 Å². The van der Waals surface area contributed by atoms with Gasteiger partial charge in [0.25, 0.3) is 0 Å². The van der Waals surface area contributed by atoms with Gasteiger partial charge in [0.05, 0.1) is 16.9 Å². The monoisotopic (exact) mass is 353 g/mol. The van der Waals surface area contributed by atoms with Gasteiger partial charge >= 0.3 is 5.97 Å². The lowest BCUT2D eigenvalue weighted by Crippen LogP contribution is -2.40. The van der Waals surface area contributed by atoms with Gasteiger partial charge in [0, 0.05) is 19.7 Å². The number of piperidine rings is 1. The van der Waals surface area contributed by atoms with Gasteiger partial charge in [-0.25, -0.2) is 8.42 Å². The van der Waals surface area contributed by atoms with Crippen molar-refractivity contribution in [3.63, 3.8) is 0 Å². The van der Waals surface area contributed by atoms with E-state index in [1.54, 1.807) is 30.3 Å². The number of rotatable bonds is 5. The third-order valence-corrected chi connectivity index (χ3v) is 6.52. The van der Waals surface area contributed by atoms with Crippen molar-refractivity contribution in [2.75, 3.05) is 26.3 Å². The van der Waals surface area contributed by atoms with Crippen molar-refractivity contribution < 1.29 is 22.7 Å². The minimum Gasteiger partial charge on any atom is -0.463 e. The molecule has 1 aromatic rings. The van der Waals surface area contributed by atoms with Crippen LogP contribution in [0.4, 0.5) is 0 Å². The molecule has 0 spiro atoms. The van der Waals surface area contributed by atoms with Crippen molar-refractivity contribution >= 4 is 16.0 Å². The highest BCUT2D eigenvalue weighted by atomic mass is 32.2. The fourth-order valence-electron chi connectivity index (χ4n) is 3.14. The zero-order chi connectivity index (χ0) is 17.0. The van der Waals surface area contributed by atoms with Crippen LogP contribution in [0.5, 0.6) is 0 Å². The van der Waals surface area contributed by atoms with Crippen LogP contribution in [0.3, 0.4) is 0 Å². The Balaban J connectivity index is 1.51. The third-order valence-electron chi connectivity index (χ3n) is 4.60. The Morgan fingerprint density at radius 1 is 1.17 bits per heavy atom. The summed E-state index contributed by atoms with van der Waals surface area (Å²) in [5, 5.41) is 0. The topological polar surface area (TPSA) is 72.9 Å². The van der Waals surface area contributed by atoms with Gasteiger partial charge < -0.3 is 9.47 Å². The first-order chi connectivity index (χ1) is 11.6. The molecule has 0 unspecified atom stereocenters. The lowest BCUT2D eigenvalue weighted by atomic mass is 9.98. The van der Waals surface area contributed by atoms with E-state index in [0.29, 0.717) is 37.4 Å². The third kappa shape index (κ3) is 3.96. The molecule has 2 heterocycles. The molecule has 1 atom stereocenters. The maximum absolute atomic E-state index is 12.6. The van der Waals surface area contributed by atoms with Crippen LogP contribution in [0.2, 0.25) is 0 Å². The Bertz CT molecular complexity index is 647. The molecule has 0 N–H and O–H groups in total. The van der Waals surface area contributed by atoms with Gasteiger partial charge in [-0.15, -0.1) is 0 Å². The largest absolute Gasteiger partial charge is 0.463 e. The number of ether oxygens (including phenoxy) is 2. The van der Waals surface area contributed by atoms with E-state index < -0.39 is 10.0 Å². The number of carbonyl (C=O) groups is 1. The van der Waals surface area contributed by atoms with E-state index in [4.69, 9.17) is 9.47 Å². The van der Waals surface area contributed by atoms with E-state index in [2.05, 4.69) is 0 Å². The Labute approximate surface area is 142 Å². The maximum atomic E-state index is 12.6. The number of carbonyl (C=O) groups excluding carboxylic acids is 1. The fourth-order valence-corrected chi connectivity index (χ4v) is 4.63. The standard InChI is InChI=1S/C17H23NO5S/c19-17(23-13-15-5-4-12-22-15)14-8-10-18(11-9-14)24(20,21)16-6-2-1-3-7-16/h1-3,6-7,14-15H,4-5,8-13H2/t15-/m1/s1. The second kappa shape index (κ2) is 7.63. The van der Waals surface area contributed by atoms with E-state index in [-0.39, 0.29) is 18.0 Å². The van der Waals surface area contributed by atoms with Crippen molar-refractivity contribution in [3.8, 4) is 0 Å². The predicted molar refractivity (Wildman–Crippen MR) is 87.9 cm³/mol. The van der Waals surface area contributed by atoms with Crippen molar-refractivity contribution in [3.05, 3.63) is 30.3 Å². The molecule has 0 amide bonds.